The molecule has 1 saturated heterocycles. The summed E-state index contributed by atoms with van der Waals surface area (Å²) in [6, 6.07) is 2.00. The van der Waals surface area contributed by atoms with Crippen LogP contribution in [0.25, 0.3) is 0 Å². The molecule has 1 aromatic rings. The average Bonchev–Trinajstić information content (AvgIpc) is 2.58. The van der Waals surface area contributed by atoms with Gasteiger partial charge in [0.1, 0.15) is 0 Å². The molecule has 0 radical (unpaired) electrons. The molecule has 1 aromatic heterocycles. The Labute approximate surface area is 122 Å². The summed E-state index contributed by atoms with van der Waals surface area (Å²) in [5, 5.41) is 0. The van der Waals surface area contributed by atoms with Gasteiger partial charge in [0.2, 0.25) is 0 Å². The molecule has 1 aliphatic heterocycles. The van der Waals surface area contributed by atoms with E-state index < -0.39 is 0 Å². The van der Waals surface area contributed by atoms with Gasteiger partial charge in [-0.05, 0) is 41.3 Å². The Balaban J connectivity index is 2.09. The van der Waals surface area contributed by atoms with E-state index in [0.29, 0.717) is 0 Å². The Morgan fingerprint density at radius 2 is 2.00 bits per heavy atom. The number of halogens is 1. The summed E-state index contributed by atoms with van der Waals surface area (Å²) >= 11 is 5.22. The number of hydrogen-bond donors (Lipinski definition) is 0. The lowest BCUT2D eigenvalue weighted by Crippen LogP contribution is -2.31. The van der Waals surface area contributed by atoms with Crippen LogP contribution in [0.2, 0.25) is 0 Å². The second-order valence-electron chi connectivity index (χ2n) is 4.84. The maximum atomic E-state index is 12.4. The lowest BCUT2D eigenvalue weighted by atomic mass is 10.2. The molecule has 0 unspecified atom stereocenters. The zero-order valence-electron chi connectivity index (χ0n) is 10.9. The number of nitrogens with zero attached hydrogens (tertiary/aromatic N) is 1. The molecule has 4 heteroatoms. The number of likely N-dealkylation sites (tertiary alicyclic amines) is 1. The number of carbonyl (C=O) groups is 1. The van der Waals surface area contributed by atoms with Crippen molar-refractivity contribution in [2.24, 2.45) is 0 Å². The number of carbonyl (C=O) groups excluding carboxylic acids is 1. The van der Waals surface area contributed by atoms with Gasteiger partial charge in [-0.1, -0.05) is 26.2 Å². The van der Waals surface area contributed by atoms with Gasteiger partial charge in [0.05, 0.1) is 4.88 Å². The van der Waals surface area contributed by atoms with Crippen LogP contribution in [0.3, 0.4) is 0 Å². The molecule has 18 heavy (non-hydrogen) atoms. The lowest BCUT2D eigenvalue weighted by Gasteiger charge is -2.19. The predicted octanol–water partition coefficient (Wildman–Crippen LogP) is 4.48. The normalized spacial score (nSPS) is 16.7. The SMILES string of the molecule is CCCc1sc(C(=O)N2CCCCCC2)cc1Br. The molecule has 1 amide bonds. The summed E-state index contributed by atoms with van der Waals surface area (Å²) in [6.07, 6.45) is 7.01. The van der Waals surface area contributed by atoms with Crippen molar-refractivity contribution in [3.8, 4) is 0 Å². The summed E-state index contributed by atoms with van der Waals surface area (Å²) in [7, 11) is 0. The molecule has 2 rings (SSSR count). The Bertz CT molecular complexity index is 408. The van der Waals surface area contributed by atoms with E-state index in [0.717, 1.165) is 48.1 Å². The fraction of sp³-hybridized carbons (Fsp3) is 0.643. The number of thiophene rings is 1. The summed E-state index contributed by atoms with van der Waals surface area (Å²) in [6.45, 7) is 4.03. The Morgan fingerprint density at radius 3 is 2.61 bits per heavy atom. The first-order valence-corrected chi connectivity index (χ1v) is 8.40. The Morgan fingerprint density at radius 1 is 1.33 bits per heavy atom. The van der Waals surface area contributed by atoms with Crippen LogP contribution in [0.4, 0.5) is 0 Å². The number of hydrogen-bond acceptors (Lipinski definition) is 2. The topological polar surface area (TPSA) is 20.3 Å². The van der Waals surface area contributed by atoms with Gasteiger partial charge in [-0.3, -0.25) is 4.79 Å². The molecular formula is C14H20BrNOS. The van der Waals surface area contributed by atoms with Crippen molar-refractivity contribution in [3.05, 3.63) is 20.3 Å². The van der Waals surface area contributed by atoms with Crippen molar-refractivity contribution >= 4 is 33.2 Å². The van der Waals surface area contributed by atoms with Gasteiger partial charge in [-0.15, -0.1) is 11.3 Å². The van der Waals surface area contributed by atoms with Crippen molar-refractivity contribution in [1.82, 2.24) is 4.90 Å². The first kappa shape index (κ1) is 14.1. The number of rotatable bonds is 3. The van der Waals surface area contributed by atoms with Gasteiger partial charge in [0.25, 0.3) is 5.91 Å². The largest absolute Gasteiger partial charge is 0.338 e. The molecular weight excluding hydrogens is 310 g/mol. The monoisotopic (exact) mass is 329 g/mol. The zero-order valence-corrected chi connectivity index (χ0v) is 13.3. The van der Waals surface area contributed by atoms with Gasteiger partial charge in [-0.25, -0.2) is 0 Å². The molecule has 0 atom stereocenters. The molecule has 100 valence electrons. The molecule has 2 heterocycles. The minimum Gasteiger partial charge on any atom is -0.338 e. The van der Waals surface area contributed by atoms with Gasteiger partial charge in [0, 0.05) is 22.4 Å². The molecule has 0 N–H and O–H groups in total. The van der Waals surface area contributed by atoms with E-state index in [2.05, 4.69) is 22.9 Å². The second-order valence-corrected chi connectivity index (χ2v) is 6.83. The lowest BCUT2D eigenvalue weighted by molar-refractivity contribution is 0.0766. The molecule has 0 saturated carbocycles. The first-order valence-electron chi connectivity index (χ1n) is 6.80. The quantitative estimate of drug-likeness (QED) is 0.800. The van der Waals surface area contributed by atoms with Crippen LogP contribution in [-0.2, 0) is 6.42 Å². The van der Waals surface area contributed by atoms with Crippen molar-refractivity contribution in [2.45, 2.75) is 45.4 Å². The maximum Gasteiger partial charge on any atom is 0.263 e. The van der Waals surface area contributed by atoms with Crippen LogP contribution in [0, 0.1) is 0 Å². The van der Waals surface area contributed by atoms with Gasteiger partial charge in [0.15, 0.2) is 0 Å². The summed E-state index contributed by atoms with van der Waals surface area (Å²) in [4.78, 5) is 16.7. The van der Waals surface area contributed by atoms with Crippen LogP contribution in [0.1, 0.15) is 53.6 Å². The minimum absolute atomic E-state index is 0.227. The van der Waals surface area contributed by atoms with Crippen molar-refractivity contribution in [1.29, 1.82) is 0 Å². The van der Waals surface area contributed by atoms with E-state index in [9.17, 15) is 4.79 Å². The summed E-state index contributed by atoms with van der Waals surface area (Å²) < 4.78 is 1.10. The van der Waals surface area contributed by atoms with Gasteiger partial charge in [-0.2, -0.15) is 0 Å². The molecule has 0 aliphatic carbocycles. The molecule has 2 nitrogen and oxygen atoms in total. The highest BCUT2D eigenvalue weighted by Crippen LogP contribution is 2.29. The van der Waals surface area contributed by atoms with Gasteiger partial charge >= 0.3 is 0 Å². The summed E-state index contributed by atoms with van der Waals surface area (Å²) in [5.74, 6) is 0.227. The van der Waals surface area contributed by atoms with Crippen LogP contribution >= 0.6 is 27.3 Å². The van der Waals surface area contributed by atoms with Crippen LogP contribution in [0.5, 0.6) is 0 Å². The maximum absolute atomic E-state index is 12.4. The van der Waals surface area contributed by atoms with E-state index in [1.807, 2.05) is 11.0 Å². The summed E-state index contributed by atoms with van der Waals surface area (Å²) in [5.41, 5.74) is 0. The standard InChI is InChI=1S/C14H20BrNOS/c1-2-7-12-11(15)10-13(18-12)14(17)16-8-5-3-4-6-9-16/h10H,2-9H2,1H3. The van der Waals surface area contributed by atoms with E-state index in [-0.39, 0.29) is 5.91 Å². The molecule has 0 bridgehead atoms. The Hall–Kier alpha value is -0.350. The third kappa shape index (κ3) is 3.35. The van der Waals surface area contributed by atoms with E-state index >= 15 is 0 Å². The zero-order chi connectivity index (χ0) is 13.0. The fourth-order valence-electron chi connectivity index (χ4n) is 2.34. The third-order valence-corrected chi connectivity index (χ3v) is 5.49. The van der Waals surface area contributed by atoms with Crippen molar-refractivity contribution in [2.75, 3.05) is 13.1 Å². The van der Waals surface area contributed by atoms with Crippen molar-refractivity contribution in [3.63, 3.8) is 0 Å². The highest BCUT2D eigenvalue weighted by atomic mass is 79.9. The number of aryl methyl sites for hydroxylation is 1. The fourth-order valence-corrected chi connectivity index (χ4v) is 4.28. The Kier molecular flexibility index (Phi) is 5.25. The molecule has 1 aliphatic rings. The van der Waals surface area contributed by atoms with Crippen LogP contribution in [0.15, 0.2) is 10.5 Å². The molecule has 0 aromatic carbocycles. The van der Waals surface area contributed by atoms with Crippen molar-refractivity contribution < 1.29 is 4.79 Å². The minimum atomic E-state index is 0.227. The smallest absolute Gasteiger partial charge is 0.263 e. The highest BCUT2D eigenvalue weighted by molar-refractivity contribution is 9.10. The average molecular weight is 330 g/mol. The number of amides is 1. The molecule has 0 spiro atoms. The third-order valence-electron chi connectivity index (χ3n) is 3.34. The van der Waals surface area contributed by atoms with Crippen LogP contribution in [-0.4, -0.2) is 23.9 Å². The highest BCUT2D eigenvalue weighted by Gasteiger charge is 2.20. The van der Waals surface area contributed by atoms with Gasteiger partial charge < -0.3 is 4.90 Å². The van der Waals surface area contributed by atoms with Crippen LogP contribution < -0.4 is 0 Å². The predicted molar refractivity (Wildman–Crippen MR) is 80.4 cm³/mol. The van der Waals surface area contributed by atoms with E-state index in [1.54, 1.807) is 11.3 Å². The van der Waals surface area contributed by atoms with E-state index in [1.165, 1.54) is 17.7 Å². The van der Waals surface area contributed by atoms with E-state index in [4.69, 9.17) is 0 Å². The second kappa shape index (κ2) is 6.71. The first-order chi connectivity index (χ1) is 8.72. The molecule has 1 fully saturated rings.